The van der Waals surface area contributed by atoms with E-state index in [1.165, 1.54) is 24.3 Å². The van der Waals surface area contributed by atoms with E-state index in [2.05, 4.69) is 23.7 Å². The molecule has 17 heavy (non-hydrogen) atoms. The molecule has 0 aliphatic carbocycles. The van der Waals surface area contributed by atoms with Crippen molar-refractivity contribution in [2.75, 3.05) is 13.1 Å². The number of aromatic nitrogens is 1. The molecule has 1 aliphatic heterocycles. The first kappa shape index (κ1) is 14.9. The molecular formula is C12H22ClN3S. The molecule has 1 aromatic rings. The highest BCUT2D eigenvalue weighted by Gasteiger charge is 2.25. The first-order valence-electron chi connectivity index (χ1n) is 6.04. The summed E-state index contributed by atoms with van der Waals surface area (Å²) in [4.78, 5) is 8.20. The van der Waals surface area contributed by atoms with E-state index in [1.807, 2.05) is 6.20 Å². The van der Waals surface area contributed by atoms with Crippen LogP contribution in [-0.2, 0) is 6.54 Å². The zero-order chi connectivity index (χ0) is 11.5. The van der Waals surface area contributed by atoms with Crippen LogP contribution in [0.25, 0.3) is 0 Å². The summed E-state index contributed by atoms with van der Waals surface area (Å²) in [5.74, 6) is 0.827. The molecule has 3 nitrogen and oxygen atoms in total. The Balaban J connectivity index is 0.00000144. The van der Waals surface area contributed by atoms with Crippen molar-refractivity contribution in [3.8, 4) is 0 Å². The zero-order valence-electron chi connectivity index (χ0n) is 10.6. The van der Waals surface area contributed by atoms with E-state index < -0.39 is 0 Å². The fraction of sp³-hybridized carbons (Fsp3) is 0.750. The highest BCUT2D eigenvalue weighted by atomic mass is 35.5. The standard InChI is InChI=1S/C12H21N3S.ClH/c1-9-3-4-15(11(5-9)6-13)8-12-7-14-10(2)16-12;/h7,9,11H,3-6,8,13H2,1-2H3;1H. The summed E-state index contributed by atoms with van der Waals surface area (Å²) in [5, 5.41) is 1.16. The van der Waals surface area contributed by atoms with E-state index in [0.29, 0.717) is 6.04 Å². The number of hydrogen-bond acceptors (Lipinski definition) is 4. The van der Waals surface area contributed by atoms with E-state index in [9.17, 15) is 0 Å². The van der Waals surface area contributed by atoms with Gasteiger partial charge in [0.1, 0.15) is 0 Å². The molecule has 0 spiro atoms. The highest BCUT2D eigenvalue weighted by Crippen LogP contribution is 2.24. The third-order valence-corrected chi connectivity index (χ3v) is 4.30. The van der Waals surface area contributed by atoms with E-state index in [4.69, 9.17) is 5.73 Å². The third kappa shape index (κ3) is 3.91. The summed E-state index contributed by atoms with van der Waals surface area (Å²) >= 11 is 1.80. The minimum atomic E-state index is 0. The Morgan fingerprint density at radius 3 is 2.94 bits per heavy atom. The van der Waals surface area contributed by atoms with Crippen molar-refractivity contribution in [2.45, 2.75) is 39.3 Å². The van der Waals surface area contributed by atoms with Gasteiger partial charge in [-0.05, 0) is 32.2 Å². The molecule has 0 saturated carbocycles. The second-order valence-corrected chi connectivity index (χ2v) is 6.15. The summed E-state index contributed by atoms with van der Waals surface area (Å²) in [5.41, 5.74) is 5.86. The zero-order valence-corrected chi connectivity index (χ0v) is 12.2. The van der Waals surface area contributed by atoms with Gasteiger partial charge in [0.2, 0.25) is 0 Å². The van der Waals surface area contributed by atoms with E-state index >= 15 is 0 Å². The number of piperidine rings is 1. The molecule has 2 N–H and O–H groups in total. The fourth-order valence-corrected chi connectivity index (χ4v) is 3.25. The smallest absolute Gasteiger partial charge is 0.0897 e. The van der Waals surface area contributed by atoms with Crippen molar-refractivity contribution in [1.29, 1.82) is 0 Å². The first-order chi connectivity index (χ1) is 7.69. The lowest BCUT2D eigenvalue weighted by molar-refractivity contribution is 0.116. The molecule has 2 heterocycles. The summed E-state index contributed by atoms with van der Waals surface area (Å²) in [6, 6.07) is 0.561. The Morgan fingerprint density at radius 2 is 2.35 bits per heavy atom. The molecule has 0 amide bonds. The van der Waals surface area contributed by atoms with Crippen molar-refractivity contribution in [2.24, 2.45) is 11.7 Å². The number of nitrogens with zero attached hydrogens (tertiary/aromatic N) is 2. The number of likely N-dealkylation sites (tertiary alicyclic amines) is 1. The Hall–Kier alpha value is -0.160. The van der Waals surface area contributed by atoms with Crippen LogP contribution in [0.4, 0.5) is 0 Å². The largest absolute Gasteiger partial charge is 0.329 e. The average molecular weight is 276 g/mol. The van der Waals surface area contributed by atoms with Gasteiger partial charge < -0.3 is 5.73 Å². The van der Waals surface area contributed by atoms with Gasteiger partial charge in [-0.25, -0.2) is 4.98 Å². The van der Waals surface area contributed by atoms with Crippen LogP contribution in [0.2, 0.25) is 0 Å². The molecule has 2 unspecified atom stereocenters. The SMILES string of the molecule is Cc1ncc(CN2CCC(C)CC2CN)s1.Cl. The Kier molecular flexibility index (Phi) is 5.86. The van der Waals surface area contributed by atoms with Crippen LogP contribution in [-0.4, -0.2) is 29.0 Å². The molecule has 0 aromatic carbocycles. The van der Waals surface area contributed by atoms with Gasteiger partial charge in [-0.3, -0.25) is 4.90 Å². The van der Waals surface area contributed by atoms with E-state index in [-0.39, 0.29) is 12.4 Å². The molecule has 5 heteroatoms. The van der Waals surface area contributed by atoms with Crippen LogP contribution in [0.15, 0.2) is 6.20 Å². The number of nitrogens with two attached hydrogens (primary N) is 1. The quantitative estimate of drug-likeness (QED) is 0.921. The van der Waals surface area contributed by atoms with Crippen LogP contribution < -0.4 is 5.73 Å². The predicted molar refractivity (Wildman–Crippen MR) is 75.7 cm³/mol. The van der Waals surface area contributed by atoms with Gasteiger partial charge in [0.15, 0.2) is 0 Å². The van der Waals surface area contributed by atoms with Gasteiger partial charge in [0.25, 0.3) is 0 Å². The van der Waals surface area contributed by atoms with Gasteiger partial charge in [0.05, 0.1) is 5.01 Å². The van der Waals surface area contributed by atoms with E-state index in [0.717, 1.165) is 24.0 Å². The predicted octanol–water partition coefficient (Wildman–Crippen LogP) is 2.43. The summed E-state index contributed by atoms with van der Waals surface area (Å²) in [6.45, 7) is 7.38. The maximum Gasteiger partial charge on any atom is 0.0897 e. The second-order valence-electron chi connectivity index (χ2n) is 4.84. The van der Waals surface area contributed by atoms with Gasteiger partial charge in [-0.15, -0.1) is 23.7 Å². The number of hydrogen-bond donors (Lipinski definition) is 1. The lowest BCUT2D eigenvalue weighted by Crippen LogP contribution is -2.45. The van der Waals surface area contributed by atoms with Crippen LogP contribution >= 0.6 is 23.7 Å². The van der Waals surface area contributed by atoms with Crippen molar-refractivity contribution in [1.82, 2.24) is 9.88 Å². The Labute approximate surface area is 114 Å². The van der Waals surface area contributed by atoms with Gasteiger partial charge in [0, 0.05) is 30.2 Å². The first-order valence-corrected chi connectivity index (χ1v) is 6.86. The molecule has 0 radical (unpaired) electrons. The van der Waals surface area contributed by atoms with E-state index in [1.54, 1.807) is 11.3 Å². The van der Waals surface area contributed by atoms with Crippen LogP contribution in [0.5, 0.6) is 0 Å². The lowest BCUT2D eigenvalue weighted by Gasteiger charge is -2.37. The second kappa shape index (κ2) is 6.69. The van der Waals surface area contributed by atoms with Crippen molar-refractivity contribution < 1.29 is 0 Å². The summed E-state index contributed by atoms with van der Waals surface area (Å²) < 4.78 is 0. The fourth-order valence-electron chi connectivity index (χ4n) is 2.43. The van der Waals surface area contributed by atoms with Crippen molar-refractivity contribution >= 4 is 23.7 Å². The minimum absolute atomic E-state index is 0. The molecular weight excluding hydrogens is 254 g/mol. The molecule has 1 aliphatic rings. The van der Waals surface area contributed by atoms with Crippen molar-refractivity contribution in [3.63, 3.8) is 0 Å². The maximum atomic E-state index is 5.86. The summed E-state index contributed by atoms with van der Waals surface area (Å²) in [6.07, 6.45) is 4.55. The highest BCUT2D eigenvalue weighted by molar-refractivity contribution is 7.11. The number of rotatable bonds is 3. The van der Waals surface area contributed by atoms with Crippen LogP contribution in [0.3, 0.4) is 0 Å². The summed E-state index contributed by atoms with van der Waals surface area (Å²) in [7, 11) is 0. The minimum Gasteiger partial charge on any atom is -0.329 e. The molecule has 2 rings (SSSR count). The third-order valence-electron chi connectivity index (χ3n) is 3.40. The Bertz CT molecular complexity index is 342. The maximum absolute atomic E-state index is 5.86. The number of thiazole rings is 1. The number of aryl methyl sites for hydroxylation is 1. The van der Waals surface area contributed by atoms with Gasteiger partial charge in [-0.2, -0.15) is 0 Å². The molecule has 0 bridgehead atoms. The molecule has 98 valence electrons. The van der Waals surface area contributed by atoms with Gasteiger partial charge >= 0.3 is 0 Å². The molecule has 1 aromatic heterocycles. The molecule has 2 atom stereocenters. The normalized spacial score (nSPS) is 25.6. The Morgan fingerprint density at radius 1 is 1.59 bits per heavy atom. The molecule has 1 fully saturated rings. The molecule has 1 saturated heterocycles. The van der Waals surface area contributed by atoms with Crippen molar-refractivity contribution in [3.05, 3.63) is 16.1 Å². The monoisotopic (exact) mass is 275 g/mol. The topological polar surface area (TPSA) is 42.2 Å². The van der Waals surface area contributed by atoms with Crippen LogP contribution in [0, 0.1) is 12.8 Å². The van der Waals surface area contributed by atoms with Gasteiger partial charge in [-0.1, -0.05) is 6.92 Å². The van der Waals surface area contributed by atoms with Crippen LogP contribution in [0.1, 0.15) is 29.7 Å². The number of halogens is 1. The average Bonchev–Trinajstić information content (AvgIpc) is 2.67. The lowest BCUT2D eigenvalue weighted by atomic mass is 9.92.